The molecule has 1 unspecified atom stereocenters. The van der Waals surface area contributed by atoms with Gasteiger partial charge in [-0.05, 0) is 30.2 Å². The number of hydrogen-bond donors (Lipinski definition) is 1. The fraction of sp³-hybridized carbons (Fsp3) is 0.294. The molecular weight excluding hydrogens is 272 g/mol. The standard InChI is InChI=1S/C17H19F2NO/c1-12(17-15(18)8-5-9-16(17)19)20-10-13-6-3-4-7-14(13)11-21-2/h3-9,12,20H,10-11H2,1-2H3. The summed E-state index contributed by atoms with van der Waals surface area (Å²) in [5, 5.41) is 3.16. The molecule has 0 saturated heterocycles. The van der Waals surface area contributed by atoms with Crippen molar-refractivity contribution in [2.75, 3.05) is 7.11 Å². The van der Waals surface area contributed by atoms with Crippen molar-refractivity contribution in [3.05, 3.63) is 70.8 Å². The normalized spacial score (nSPS) is 12.4. The summed E-state index contributed by atoms with van der Waals surface area (Å²) in [5.74, 6) is -1.06. The highest BCUT2D eigenvalue weighted by Crippen LogP contribution is 2.21. The molecule has 0 aliphatic heterocycles. The number of hydrogen-bond acceptors (Lipinski definition) is 2. The summed E-state index contributed by atoms with van der Waals surface area (Å²) in [4.78, 5) is 0. The van der Waals surface area contributed by atoms with Crippen LogP contribution in [0.2, 0.25) is 0 Å². The number of nitrogens with one attached hydrogen (secondary N) is 1. The molecule has 4 heteroatoms. The maximum Gasteiger partial charge on any atom is 0.130 e. The van der Waals surface area contributed by atoms with E-state index in [1.807, 2.05) is 24.3 Å². The number of methoxy groups -OCH3 is 1. The first-order valence-corrected chi connectivity index (χ1v) is 6.86. The predicted molar refractivity (Wildman–Crippen MR) is 78.8 cm³/mol. The van der Waals surface area contributed by atoms with Crippen LogP contribution in [0.25, 0.3) is 0 Å². The predicted octanol–water partition coefficient (Wildman–Crippen LogP) is 3.96. The lowest BCUT2D eigenvalue weighted by Crippen LogP contribution is -2.21. The van der Waals surface area contributed by atoms with Crippen molar-refractivity contribution < 1.29 is 13.5 Å². The molecular formula is C17H19F2NO. The first-order chi connectivity index (χ1) is 10.1. The van der Waals surface area contributed by atoms with Crippen LogP contribution in [0.1, 0.15) is 29.7 Å². The zero-order valence-electron chi connectivity index (χ0n) is 12.2. The summed E-state index contributed by atoms with van der Waals surface area (Å²) in [6.07, 6.45) is 0. The van der Waals surface area contributed by atoms with Crippen LogP contribution < -0.4 is 5.32 Å². The molecule has 1 atom stereocenters. The van der Waals surface area contributed by atoms with Crippen molar-refractivity contribution in [3.63, 3.8) is 0 Å². The number of benzene rings is 2. The van der Waals surface area contributed by atoms with E-state index in [-0.39, 0.29) is 5.56 Å². The molecule has 1 N–H and O–H groups in total. The third kappa shape index (κ3) is 3.86. The maximum atomic E-state index is 13.7. The van der Waals surface area contributed by atoms with Crippen LogP contribution >= 0.6 is 0 Å². The second kappa shape index (κ2) is 7.29. The molecule has 0 bridgehead atoms. The van der Waals surface area contributed by atoms with Crippen LogP contribution in [-0.4, -0.2) is 7.11 Å². The van der Waals surface area contributed by atoms with Gasteiger partial charge in [0.05, 0.1) is 6.61 Å². The van der Waals surface area contributed by atoms with Crippen LogP contribution in [0.5, 0.6) is 0 Å². The van der Waals surface area contributed by atoms with Crippen LogP contribution in [0, 0.1) is 11.6 Å². The minimum atomic E-state index is -0.528. The van der Waals surface area contributed by atoms with Gasteiger partial charge in [0.15, 0.2) is 0 Å². The van der Waals surface area contributed by atoms with Gasteiger partial charge in [0.25, 0.3) is 0 Å². The van der Waals surface area contributed by atoms with Gasteiger partial charge in [-0.15, -0.1) is 0 Å². The third-order valence-corrected chi connectivity index (χ3v) is 3.45. The fourth-order valence-corrected chi connectivity index (χ4v) is 2.32. The van der Waals surface area contributed by atoms with E-state index in [0.29, 0.717) is 13.2 Å². The van der Waals surface area contributed by atoms with Crippen molar-refractivity contribution in [3.8, 4) is 0 Å². The molecule has 112 valence electrons. The molecule has 21 heavy (non-hydrogen) atoms. The summed E-state index contributed by atoms with van der Waals surface area (Å²) in [7, 11) is 1.64. The Morgan fingerprint density at radius 1 is 1.00 bits per heavy atom. The molecule has 2 rings (SSSR count). The molecule has 0 aliphatic carbocycles. The van der Waals surface area contributed by atoms with Crippen LogP contribution in [0.4, 0.5) is 8.78 Å². The summed E-state index contributed by atoms with van der Waals surface area (Å²) in [6.45, 7) is 2.79. The van der Waals surface area contributed by atoms with Gasteiger partial charge in [-0.25, -0.2) is 8.78 Å². The Hall–Kier alpha value is -1.78. The van der Waals surface area contributed by atoms with E-state index in [1.165, 1.54) is 18.2 Å². The summed E-state index contributed by atoms with van der Waals surface area (Å²) < 4.78 is 32.6. The van der Waals surface area contributed by atoms with E-state index in [2.05, 4.69) is 5.32 Å². The second-order valence-corrected chi connectivity index (χ2v) is 4.94. The van der Waals surface area contributed by atoms with Gasteiger partial charge in [0.1, 0.15) is 11.6 Å². The van der Waals surface area contributed by atoms with Gasteiger partial charge >= 0.3 is 0 Å². The highest BCUT2D eigenvalue weighted by Gasteiger charge is 2.15. The number of halogens is 2. The molecule has 0 amide bonds. The maximum absolute atomic E-state index is 13.7. The van der Waals surface area contributed by atoms with Crippen molar-refractivity contribution in [2.45, 2.75) is 26.1 Å². The van der Waals surface area contributed by atoms with E-state index in [9.17, 15) is 8.78 Å². The minimum absolute atomic E-state index is 0.0710. The Morgan fingerprint density at radius 2 is 1.62 bits per heavy atom. The average molecular weight is 291 g/mol. The topological polar surface area (TPSA) is 21.3 Å². The van der Waals surface area contributed by atoms with Crippen molar-refractivity contribution in [2.24, 2.45) is 0 Å². The molecule has 0 aliphatic rings. The highest BCUT2D eigenvalue weighted by atomic mass is 19.1. The Bertz CT molecular complexity index is 581. The van der Waals surface area contributed by atoms with Crippen LogP contribution in [0.3, 0.4) is 0 Å². The van der Waals surface area contributed by atoms with E-state index < -0.39 is 17.7 Å². The van der Waals surface area contributed by atoms with Crippen molar-refractivity contribution in [1.29, 1.82) is 0 Å². The quantitative estimate of drug-likeness (QED) is 0.869. The molecule has 2 nitrogen and oxygen atoms in total. The molecule has 2 aromatic rings. The number of rotatable bonds is 6. The monoisotopic (exact) mass is 291 g/mol. The third-order valence-electron chi connectivity index (χ3n) is 3.45. The van der Waals surface area contributed by atoms with Crippen LogP contribution in [0.15, 0.2) is 42.5 Å². The Kier molecular flexibility index (Phi) is 5.42. The summed E-state index contributed by atoms with van der Waals surface area (Å²) >= 11 is 0. The highest BCUT2D eigenvalue weighted by molar-refractivity contribution is 5.27. The van der Waals surface area contributed by atoms with E-state index >= 15 is 0 Å². The van der Waals surface area contributed by atoms with E-state index in [4.69, 9.17) is 4.74 Å². The molecule has 0 heterocycles. The smallest absolute Gasteiger partial charge is 0.130 e. The van der Waals surface area contributed by atoms with Gasteiger partial charge in [-0.3, -0.25) is 0 Å². The van der Waals surface area contributed by atoms with Crippen molar-refractivity contribution >= 4 is 0 Å². The lowest BCUT2D eigenvalue weighted by molar-refractivity contribution is 0.184. The Morgan fingerprint density at radius 3 is 2.24 bits per heavy atom. The largest absolute Gasteiger partial charge is 0.380 e. The van der Waals surface area contributed by atoms with E-state index in [1.54, 1.807) is 14.0 Å². The zero-order valence-corrected chi connectivity index (χ0v) is 12.2. The first-order valence-electron chi connectivity index (χ1n) is 6.86. The average Bonchev–Trinajstić information content (AvgIpc) is 2.46. The number of ether oxygens (including phenoxy) is 1. The first kappa shape index (κ1) is 15.6. The van der Waals surface area contributed by atoms with Gasteiger partial charge in [0.2, 0.25) is 0 Å². The summed E-state index contributed by atoms with van der Waals surface area (Å²) in [5.41, 5.74) is 2.19. The molecule has 2 aromatic carbocycles. The van der Waals surface area contributed by atoms with Gasteiger partial charge < -0.3 is 10.1 Å². The molecule has 0 aromatic heterocycles. The van der Waals surface area contributed by atoms with Gasteiger partial charge in [-0.2, -0.15) is 0 Å². The SMILES string of the molecule is COCc1ccccc1CNC(C)c1c(F)cccc1F. The zero-order chi connectivity index (χ0) is 15.2. The summed E-state index contributed by atoms with van der Waals surface area (Å²) in [6, 6.07) is 11.3. The fourth-order valence-electron chi connectivity index (χ4n) is 2.32. The molecule has 0 spiro atoms. The Labute approximate surface area is 123 Å². The lowest BCUT2D eigenvalue weighted by Gasteiger charge is -2.17. The second-order valence-electron chi connectivity index (χ2n) is 4.94. The Balaban J connectivity index is 2.09. The van der Waals surface area contributed by atoms with Gasteiger partial charge in [-0.1, -0.05) is 30.3 Å². The van der Waals surface area contributed by atoms with Gasteiger partial charge in [0, 0.05) is 25.3 Å². The lowest BCUT2D eigenvalue weighted by atomic mass is 10.0. The van der Waals surface area contributed by atoms with E-state index in [0.717, 1.165) is 11.1 Å². The molecule has 0 radical (unpaired) electrons. The molecule has 0 fully saturated rings. The van der Waals surface area contributed by atoms with Crippen LogP contribution in [-0.2, 0) is 17.9 Å². The molecule has 0 saturated carbocycles. The minimum Gasteiger partial charge on any atom is -0.380 e. The van der Waals surface area contributed by atoms with Crippen molar-refractivity contribution in [1.82, 2.24) is 5.32 Å².